The summed E-state index contributed by atoms with van der Waals surface area (Å²) >= 11 is 5.50. The highest BCUT2D eigenvalue weighted by Gasteiger charge is 2.38. The summed E-state index contributed by atoms with van der Waals surface area (Å²) in [5.41, 5.74) is 12.3. The normalized spacial score (nSPS) is 14.0. The molecule has 18 heteroatoms. The van der Waals surface area contributed by atoms with Crippen LogP contribution in [-0.2, 0) is 38.6 Å². The first-order chi connectivity index (χ1) is 33.5. The number of rotatable bonds is 18. The average Bonchev–Trinajstić information content (AvgIpc) is 3.31. The molecule has 7 rings (SSSR count). The van der Waals surface area contributed by atoms with E-state index in [4.69, 9.17) is 22.4 Å². The molecule has 10 N–H and O–H groups in total. The lowest BCUT2D eigenvalue weighted by molar-refractivity contribution is -0.143. The summed E-state index contributed by atoms with van der Waals surface area (Å²) < 4.78 is 5.91. The molecule has 2 aliphatic heterocycles. The molecule has 2 heterocycles. The van der Waals surface area contributed by atoms with Gasteiger partial charge >= 0.3 is 11.9 Å². The van der Waals surface area contributed by atoms with Crippen molar-refractivity contribution in [1.29, 1.82) is 0 Å². The Kier molecular flexibility index (Phi) is 15.8. The summed E-state index contributed by atoms with van der Waals surface area (Å²) in [5, 5.41) is 52.4. The zero-order valence-corrected chi connectivity index (χ0v) is 39.4. The van der Waals surface area contributed by atoms with Gasteiger partial charge in [0.05, 0.1) is 11.6 Å². The third-order valence-corrected chi connectivity index (χ3v) is 12.7. The lowest BCUT2D eigenvalue weighted by Crippen LogP contribution is -2.59. The summed E-state index contributed by atoms with van der Waals surface area (Å²) in [6, 6.07) is 20.9. The Morgan fingerprint density at radius 2 is 1.53 bits per heavy atom. The fraction of sp³-hybridized carbons (Fsp3) is 0.288. The number of anilines is 1. The van der Waals surface area contributed by atoms with Gasteiger partial charge in [-0.3, -0.25) is 24.0 Å². The van der Waals surface area contributed by atoms with Crippen LogP contribution >= 0.6 is 12.2 Å². The number of aryl methyl sites for hydroxylation is 2. The summed E-state index contributed by atoms with van der Waals surface area (Å²) in [4.78, 5) is 79.5. The molecule has 0 spiro atoms. The minimum Gasteiger partial charge on any atom is -0.508 e. The van der Waals surface area contributed by atoms with Crippen LogP contribution < -0.4 is 32.4 Å². The Balaban J connectivity index is 0.922. The Hall–Kier alpha value is -7.83. The molecule has 4 aromatic rings. The predicted octanol–water partition coefficient (Wildman–Crippen LogP) is 5.74. The van der Waals surface area contributed by atoms with Gasteiger partial charge in [-0.25, -0.2) is 4.79 Å². The second-order valence-electron chi connectivity index (χ2n) is 17.4. The number of carbonyl (C=O) groups is 5. The zero-order chi connectivity index (χ0) is 50.2. The quantitative estimate of drug-likeness (QED) is 0.0282. The maximum Gasteiger partial charge on any atom is 0.336 e. The van der Waals surface area contributed by atoms with Gasteiger partial charge in [-0.1, -0.05) is 30.3 Å². The smallest absolute Gasteiger partial charge is 0.336 e. The molecule has 4 aromatic carbocycles. The van der Waals surface area contributed by atoms with Gasteiger partial charge < -0.3 is 56.7 Å². The van der Waals surface area contributed by atoms with E-state index in [1.165, 1.54) is 35.2 Å². The lowest BCUT2D eigenvalue weighted by atomic mass is 9.90. The maximum absolute atomic E-state index is 14.1. The van der Waals surface area contributed by atoms with Crippen LogP contribution in [0.2, 0.25) is 0 Å². The minimum atomic E-state index is -1.20. The number of phenols is 2. The van der Waals surface area contributed by atoms with E-state index in [9.17, 15) is 49.2 Å². The molecule has 364 valence electrons. The fourth-order valence-electron chi connectivity index (χ4n) is 8.91. The van der Waals surface area contributed by atoms with E-state index in [1.807, 2.05) is 38.1 Å². The van der Waals surface area contributed by atoms with Crippen LogP contribution in [0.25, 0.3) is 33.4 Å². The van der Waals surface area contributed by atoms with E-state index >= 15 is 0 Å². The number of hydrogen-bond acceptors (Lipinski definition) is 11. The molecular formula is C52H54N6O11S. The number of thiocarbonyl (C=S) groups is 1. The number of nitrogens with two attached hydrogens (primary N) is 1. The van der Waals surface area contributed by atoms with Crippen molar-refractivity contribution >= 4 is 63.6 Å². The van der Waals surface area contributed by atoms with Gasteiger partial charge in [-0.05, 0) is 140 Å². The van der Waals surface area contributed by atoms with Crippen LogP contribution in [0.5, 0.6) is 11.5 Å². The molecule has 0 saturated heterocycles. The van der Waals surface area contributed by atoms with Crippen molar-refractivity contribution in [2.75, 3.05) is 18.4 Å². The number of nitrogens with one attached hydrogen (secondary N) is 4. The van der Waals surface area contributed by atoms with Crippen LogP contribution in [0.1, 0.15) is 70.3 Å². The number of aromatic hydroxyl groups is 2. The highest BCUT2D eigenvalue weighted by molar-refractivity contribution is 7.80. The highest BCUT2D eigenvalue weighted by atomic mass is 32.1. The number of phenolic OH excluding ortho intramolecular Hbond substituents is 2. The van der Waals surface area contributed by atoms with Crippen molar-refractivity contribution in [1.82, 2.24) is 20.9 Å². The number of nitrogens with zero attached hydrogens (tertiary/aromatic N) is 1. The number of aromatic carboxylic acids is 1. The van der Waals surface area contributed by atoms with Crippen molar-refractivity contribution in [3.63, 3.8) is 0 Å². The second-order valence-corrected chi connectivity index (χ2v) is 17.8. The van der Waals surface area contributed by atoms with Gasteiger partial charge in [0, 0.05) is 66.8 Å². The van der Waals surface area contributed by atoms with E-state index in [1.54, 1.807) is 36.4 Å². The second kappa shape index (κ2) is 22.1. The van der Waals surface area contributed by atoms with Crippen LogP contribution in [0.15, 0.2) is 100 Å². The molecule has 3 atom stereocenters. The monoisotopic (exact) mass is 970 g/mol. The summed E-state index contributed by atoms with van der Waals surface area (Å²) in [6.45, 7) is 4.43. The van der Waals surface area contributed by atoms with Crippen molar-refractivity contribution in [2.45, 2.75) is 83.5 Å². The van der Waals surface area contributed by atoms with Crippen molar-refractivity contribution in [3.8, 4) is 33.9 Å². The minimum absolute atomic E-state index is 0.0439. The molecular weight excluding hydrogens is 917 g/mol. The molecule has 0 fully saturated rings. The third-order valence-electron chi connectivity index (χ3n) is 12.4. The Morgan fingerprint density at radius 1 is 0.829 bits per heavy atom. The van der Waals surface area contributed by atoms with E-state index < -0.39 is 47.8 Å². The summed E-state index contributed by atoms with van der Waals surface area (Å²) in [7, 11) is 0. The van der Waals surface area contributed by atoms with Crippen molar-refractivity contribution in [2.24, 2.45) is 5.73 Å². The topological polar surface area (TPSA) is 274 Å². The SMILES string of the molecule is Cc1cc(O)cc(C)c1CC(N)C(=O)N1Cc2ccccc2CC1C(=O)NC(CCC(=O)O)C(=O)NCCCCCNC(=S)Nc1ccc(-c2c3ccc(=O)cc-3oc3cc(O)ccc23)c(C(=O)O)c1. The summed E-state index contributed by atoms with van der Waals surface area (Å²) in [6.07, 6.45) is 1.59. The number of aliphatic carboxylic acids is 1. The number of hydrogen-bond donors (Lipinski definition) is 9. The van der Waals surface area contributed by atoms with Crippen LogP contribution in [0.4, 0.5) is 5.69 Å². The molecule has 1 aliphatic carbocycles. The maximum atomic E-state index is 14.1. The highest BCUT2D eigenvalue weighted by Crippen LogP contribution is 2.42. The number of carboxylic acid groups (broad SMARTS) is 2. The molecule has 17 nitrogen and oxygen atoms in total. The number of unbranched alkanes of at least 4 members (excludes halogenated alkanes) is 2. The standard InChI is InChI=1S/C52H54N6O11S/c1-28-20-35(61)21-29(2)39(28)26-41(53)50(66)58-27-31-9-5-4-8-30(31)22-43(58)49(65)57-42(16-17-46(62)63)48(64)54-18-6-3-7-19-55-52(70)56-32-10-13-36(40(23-32)51(67)68)47-37-14-11-33(59)24-44(37)69-45-25-34(60)12-15-38(45)47/h4-5,8-15,20-21,23-25,41-43,59,61H,3,6-7,16-19,22,26-27,53H2,1-2H3,(H,54,64)(H,57,65)(H,62,63)(H,67,68)(H2,55,56,70). The molecule has 70 heavy (non-hydrogen) atoms. The number of carboxylic acids is 2. The number of benzene rings is 5. The number of carbonyl (C=O) groups excluding carboxylic acids is 3. The number of fused-ring (bicyclic) bond motifs is 3. The van der Waals surface area contributed by atoms with Gasteiger partial charge in [0.25, 0.3) is 0 Å². The van der Waals surface area contributed by atoms with E-state index in [0.29, 0.717) is 53.6 Å². The molecule has 3 unspecified atom stereocenters. The van der Waals surface area contributed by atoms with E-state index in [0.717, 1.165) is 27.8 Å². The third kappa shape index (κ3) is 11.9. The lowest BCUT2D eigenvalue weighted by Gasteiger charge is -2.38. The molecule has 0 radical (unpaired) electrons. The zero-order valence-electron chi connectivity index (χ0n) is 38.5. The molecule has 0 aromatic heterocycles. The summed E-state index contributed by atoms with van der Waals surface area (Å²) in [5.74, 6) is -3.71. The van der Waals surface area contributed by atoms with Gasteiger partial charge in [0.15, 0.2) is 10.5 Å². The molecule has 0 saturated carbocycles. The van der Waals surface area contributed by atoms with Crippen molar-refractivity contribution in [3.05, 3.63) is 135 Å². The van der Waals surface area contributed by atoms with Crippen molar-refractivity contribution < 1.29 is 48.8 Å². The fourth-order valence-corrected chi connectivity index (χ4v) is 9.13. The molecule has 0 bridgehead atoms. The van der Waals surface area contributed by atoms with E-state index in [-0.39, 0.29) is 77.7 Å². The van der Waals surface area contributed by atoms with Gasteiger partial charge in [-0.15, -0.1) is 0 Å². The van der Waals surface area contributed by atoms with Crippen LogP contribution in [0.3, 0.4) is 0 Å². The van der Waals surface area contributed by atoms with Gasteiger partial charge in [-0.2, -0.15) is 0 Å². The number of amides is 3. The van der Waals surface area contributed by atoms with Crippen LogP contribution in [-0.4, -0.2) is 91.3 Å². The Labute approximate surface area is 408 Å². The largest absolute Gasteiger partial charge is 0.508 e. The Bertz CT molecular complexity index is 3000. The van der Waals surface area contributed by atoms with Crippen LogP contribution in [0, 0.1) is 13.8 Å². The first-order valence-electron chi connectivity index (χ1n) is 22.8. The molecule has 3 aliphatic rings. The first kappa shape index (κ1) is 50.1. The van der Waals surface area contributed by atoms with E-state index in [2.05, 4.69) is 21.3 Å². The van der Waals surface area contributed by atoms with Gasteiger partial charge in [0.2, 0.25) is 17.7 Å². The average molecular weight is 971 g/mol. The molecule has 3 amide bonds. The predicted molar refractivity (Wildman–Crippen MR) is 267 cm³/mol. The van der Waals surface area contributed by atoms with Gasteiger partial charge in [0.1, 0.15) is 34.9 Å². The Morgan fingerprint density at radius 3 is 2.24 bits per heavy atom. The first-order valence-corrected chi connectivity index (χ1v) is 23.2.